The summed E-state index contributed by atoms with van der Waals surface area (Å²) < 4.78 is 0. The molecule has 0 saturated heterocycles. The second-order valence-corrected chi connectivity index (χ2v) is 5.78. The van der Waals surface area contributed by atoms with Crippen molar-refractivity contribution in [2.75, 3.05) is 23.7 Å². The Morgan fingerprint density at radius 1 is 1.44 bits per heavy atom. The van der Waals surface area contributed by atoms with Gasteiger partial charge >= 0.3 is 0 Å². The van der Waals surface area contributed by atoms with Crippen molar-refractivity contribution in [3.63, 3.8) is 0 Å². The highest BCUT2D eigenvalue weighted by molar-refractivity contribution is 7.18. The molecule has 2 rings (SSSR count). The predicted octanol–water partition coefficient (Wildman–Crippen LogP) is 2.54. The smallest absolute Gasteiger partial charge is 0.260 e. The van der Waals surface area contributed by atoms with E-state index < -0.39 is 5.91 Å². The van der Waals surface area contributed by atoms with Crippen molar-refractivity contribution in [3.05, 3.63) is 10.4 Å². The number of primary amides is 1. The number of hydrogen-bond acceptors (Lipinski definition) is 4. The number of amides is 1. The minimum Gasteiger partial charge on any atom is -0.397 e. The molecule has 0 atom stereocenters. The van der Waals surface area contributed by atoms with Crippen LogP contribution in [0, 0.1) is 0 Å². The van der Waals surface area contributed by atoms with E-state index in [0.29, 0.717) is 16.5 Å². The highest BCUT2D eigenvalue weighted by Crippen LogP contribution is 2.51. The van der Waals surface area contributed by atoms with Gasteiger partial charge in [-0.05, 0) is 32.1 Å². The Morgan fingerprint density at radius 2 is 2.11 bits per heavy atom. The fourth-order valence-corrected chi connectivity index (χ4v) is 3.55. The molecule has 5 heteroatoms. The third kappa shape index (κ3) is 2.32. The first-order valence-electron chi connectivity index (χ1n) is 6.57. The molecule has 1 aromatic rings. The van der Waals surface area contributed by atoms with E-state index in [1.807, 2.05) is 0 Å². The van der Waals surface area contributed by atoms with Crippen LogP contribution in [0.25, 0.3) is 0 Å². The quantitative estimate of drug-likeness (QED) is 0.832. The number of carbonyl (C=O) groups excluding carboxylic acids is 1. The maximum atomic E-state index is 11.4. The van der Waals surface area contributed by atoms with Crippen LogP contribution in [0.15, 0.2) is 0 Å². The fourth-order valence-electron chi connectivity index (χ4n) is 2.30. The van der Waals surface area contributed by atoms with Crippen molar-refractivity contribution in [2.24, 2.45) is 5.73 Å². The van der Waals surface area contributed by atoms with Gasteiger partial charge in [0.25, 0.3) is 5.91 Å². The van der Waals surface area contributed by atoms with E-state index in [4.69, 9.17) is 11.5 Å². The molecule has 0 bridgehead atoms. The number of thiophene rings is 1. The lowest BCUT2D eigenvalue weighted by Gasteiger charge is -2.22. The summed E-state index contributed by atoms with van der Waals surface area (Å²) in [5.41, 5.74) is 13.3. The molecule has 4 nitrogen and oxygen atoms in total. The van der Waals surface area contributed by atoms with Gasteiger partial charge in [-0.1, -0.05) is 6.92 Å². The SMILES string of the molecule is CCCN(CC)c1sc(C(N)=O)c(N)c1C1CC1. The highest BCUT2D eigenvalue weighted by Gasteiger charge is 2.33. The van der Waals surface area contributed by atoms with E-state index in [9.17, 15) is 4.79 Å². The van der Waals surface area contributed by atoms with Gasteiger partial charge in [-0.25, -0.2) is 0 Å². The molecule has 1 amide bonds. The molecule has 100 valence electrons. The van der Waals surface area contributed by atoms with Gasteiger partial charge in [0.1, 0.15) is 4.88 Å². The molecule has 1 aliphatic rings. The van der Waals surface area contributed by atoms with Gasteiger partial charge in [-0.15, -0.1) is 11.3 Å². The molecule has 0 aliphatic heterocycles. The maximum Gasteiger partial charge on any atom is 0.260 e. The number of hydrogen-bond donors (Lipinski definition) is 2. The number of anilines is 2. The Balaban J connectivity index is 2.44. The van der Waals surface area contributed by atoms with Crippen LogP contribution in [0.5, 0.6) is 0 Å². The monoisotopic (exact) mass is 267 g/mol. The average Bonchev–Trinajstić information content (AvgIpc) is 3.10. The molecular formula is C13H21N3OS. The van der Waals surface area contributed by atoms with Gasteiger partial charge in [0.2, 0.25) is 0 Å². The first kappa shape index (κ1) is 13.2. The number of nitrogen functional groups attached to an aromatic ring is 1. The van der Waals surface area contributed by atoms with Crippen LogP contribution in [0.4, 0.5) is 10.7 Å². The summed E-state index contributed by atoms with van der Waals surface area (Å²) in [4.78, 5) is 14.3. The van der Waals surface area contributed by atoms with E-state index >= 15 is 0 Å². The first-order valence-corrected chi connectivity index (χ1v) is 7.38. The molecule has 0 radical (unpaired) electrons. The van der Waals surface area contributed by atoms with Crippen LogP contribution in [0.3, 0.4) is 0 Å². The zero-order chi connectivity index (χ0) is 13.3. The van der Waals surface area contributed by atoms with Crippen LogP contribution in [0.1, 0.15) is 54.3 Å². The van der Waals surface area contributed by atoms with Crippen LogP contribution >= 0.6 is 11.3 Å². The zero-order valence-electron chi connectivity index (χ0n) is 11.0. The highest BCUT2D eigenvalue weighted by atomic mass is 32.1. The summed E-state index contributed by atoms with van der Waals surface area (Å²) in [5, 5.41) is 1.16. The van der Waals surface area contributed by atoms with Crippen molar-refractivity contribution in [2.45, 2.75) is 39.0 Å². The summed E-state index contributed by atoms with van der Waals surface area (Å²) in [6.07, 6.45) is 3.44. The number of carbonyl (C=O) groups is 1. The first-order chi connectivity index (χ1) is 8.60. The normalized spacial score (nSPS) is 14.8. The third-order valence-electron chi connectivity index (χ3n) is 3.34. The molecule has 1 aliphatic carbocycles. The van der Waals surface area contributed by atoms with Crippen LogP contribution in [-0.4, -0.2) is 19.0 Å². The van der Waals surface area contributed by atoms with Gasteiger partial charge in [0.05, 0.1) is 10.7 Å². The summed E-state index contributed by atoms with van der Waals surface area (Å²) in [6.45, 7) is 6.22. The number of rotatable bonds is 6. The van der Waals surface area contributed by atoms with E-state index in [0.717, 1.165) is 24.5 Å². The fraction of sp³-hybridized carbons (Fsp3) is 0.615. The number of nitrogens with zero attached hydrogens (tertiary/aromatic N) is 1. The van der Waals surface area contributed by atoms with Gasteiger partial charge < -0.3 is 16.4 Å². The van der Waals surface area contributed by atoms with E-state index in [2.05, 4.69) is 18.7 Å². The molecule has 0 unspecified atom stereocenters. The van der Waals surface area contributed by atoms with E-state index in [1.54, 1.807) is 0 Å². The molecular weight excluding hydrogens is 246 g/mol. The zero-order valence-corrected chi connectivity index (χ0v) is 11.8. The molecule has 0 aromatic carbocycles. The van der Waals surface area contributed by atoms with Crippen molar-refractivity contribution >= 4 is 27.9 Å². The molecule has 0 spiro atoms. The predicted molar refractivity (Wildman–Crippen MR) is 77.4 cm³/mol. The maximum absolute atomic E-state index is 11.4. The van der Waals surface area contributed by atoms with Crippen LogP contribution in [0.2, 0.25) is 0 Å². The third-order valence-corrected chi connectivity index (χ3v) is 4.63. The Kier molecular flexibility index (Phi) is 3.80. The minimum atomic E-state index is -0.404. The second kappa shape index (κ2) is 5.18. The molecule has 1 fully saturated rings. The van der Waals surface area contributed by atoms with Crippen LogP contribution in [-0.2, 0) is 0 Å². The van der Waals surface area contributed by atoms with Gasteiger partial charge in [-0.2, -0.15) is 0 Å². The molecule has 4 N–H and O–H groups in total. The average molecular weight is 267 g/mol. The largest absolute Gasteiger partial charge is 0.397 e. The molecule has 1 saturated carbocycles. The van der Waals surface area contributed by atoms with Gasteiger partial charge in [0, 0.05) is 18.7 Å². The lowest BCUT2D eigenvalue weighted by Crippen LogP contribution is -2.23. The van der Waals surface area contributed by atoms with E-state index in [1.165, 1.54) is 29.7 Å². The molecule has 1 aromatic heterocycles. The lowest BCUT2D eigenvalue weighted by atomic mass is 10.1. The second-order valence-electron chi connectivity index (χ2n) is 4.78. The van der Waals surface area contributed by atoms with E-state index in [-0.39, 0.29) is 0 Å². The summed E-state index contributed by atoms with van der Waals surface area (Å²) in [5.74, 6) is 0.133. The Bertz CT molecular complexity index is 451. The lowest BCUT2D eigenvalue weighted by molar-refractivity contribution is 0.100. The van der Waals surface area contributed by atoms with Gasteiger partial charge in [-0.3, -0.25) is 4.79 Å². The van der Waals surface area contributed by atoms with Crippen molar-refractivity contribution < 1.29 is 4.79 Å². The van der Waals surface area contributed by atoms with Crippen molar-refractivity contribution in [1.29, 1.82) is 0 Å². The minimum absolute atomic E-state index is 0.404. The summed E-state index contributed by atoms with van der Waals surface area (Å²) >= 11 is 1.46. The Hall–Kier alpha value is -1.23. The summed E-state index contributed by atoms with van der Waals surface area (Å²) in [6, 6.07) is 0. The standard InChI is InChI=1S/C13H21N3OS/c1-3-7-16(4-2)13-9(8-5-6-8)10(14)11(18-13)12(15)17/h8H,3-7,14H2,1-2H3,(H2,15,17). The Morgan fingerprint density at radius 3 is 2.56 bits per heavy atom. The van der Waals surface area contributed by atoms with Crippen molar-refractivity contribution in [1.82, 2.24) is 0 Å². The summed E-state index contributed by atoms with van der Waals surface area (Å²) in [7, 11) is 0. The van der Waals surface area contributed by atoms with Crippen LogP contribution < -0.4 is 16.4 Å². The van der Waals surface area contributed by atoms with Crippen molar-refractivity contribution in [3.8, 4) is 0 Å². The molecule has 18 heavy (non-hydrogen) atoms. The topological polar surface area (TPSA) is 72.3 Å². The number of nitrogens with two attached hydrogens (primary N) is 2. The Labute approximate surface area is 112 Å². The van der Waals surface area contributed by atoms with Gasteiger partial charge in [0.15, 0.2) is 0 Å². The molecule has 1 heterocycles.